The molecule has 1 aliphatic rings. The Morgan fingerprint density at radius 3 is 2.41 bits per heavy atom. The Morgan fingerprint density at radius 1 is 1.15 bits per heavy atom. The SMILES string of the molecule is O=C(OCC(Cc1cccc(C(F)(F)F)c1)CC1CCNCC1)C(F)(F)F. The number of hydrogen-bond acceptors (Lipinski definition) is 3. The standard InChI is InChI=1S/C18H21F6NO2/c19-17(20,21)15-3-1-2-13(10-15)9-14(8-12-4-6-25-7-5-12)11-27-16(26)18(22,23)24/h1-3,10,12,14,25H,4-9,11H2. The van der Waals surface area contributed by atoms with Gasteiger partial charge in [0.1, 0.15) is 0 Å². The molecule has 1 unspecified atom stereocenters. The monoisotopic (exact) mass is 397 g/mol. The molecular formula is C18H21F6NO2. The van der Waals surface area contributed by atoms with Gasteiger partial charge in [0.05, 0.1) is 12.2 Å². The first kappa shape index (κ1) is 21.5. The van der Waals surface area contributed by atoms with Crippen molar-refractivity contribution in [3.8, 4) is 0 Å². The van der Waals surface area contributed by atoms with Gasteiger partial charge in [-0.1, -0.05) is 18.2 Å². The highest BCUT2D eigenvalue weighted by Crippen LogP contribution is 2.31. The molecule has 3 nitrogen and oxygen atoms in total. The number of carbonyl (C=O) groups excluding carboxylic acids is 1. The zero-order valence-corrected chi connectivity index (χ0v) is 14.5. The van der Waals surface area contributed by atoms with Crippen LogP contribution in [0.4, 0.5) is 26.3 Å². The molecule has 1 aromatic carbocycles. The van der Waals surface area contributed by atoms with Gasteiger partial charge in [-0.3, -0.25) is 0 Å². The van der Waals surface area contributed by atoms with Crippen LogP contribution in [0.3, 0.4) is 0 Å². The lowest BCUT2D eigenvalue weighted by atomic mass is 9.85. The summed E-state index contributed by atoms with van der Waals surface area (Å²) in [5, 5.41) is 3.17. The van der Waals surface area contributed by atoms with E-state index in [1.807, 2.05) is 0 Å². The van der Waals surface area contributed by atoms with Crippen LogP contribution in [0, 0.1) is 11.8 Å². The van der Waals surface area contributed by atoms with Gasteiger partial charge in [0.15, 0.2) is 0 Å². The number of alkyl halides is 6. The molecule has 1 saturated heterocycles. The van der Waals surface area contributed by atoms with Crippen molar-refractivity contribution in [3.63, 3.8) is 0 Å². The lowest BCUT2D eigenvalue weighted by molar-refractivity contribution is -0.201. The summed E-state index contributed by atoms with van der Waals surface area (Å²) in [5.41, 5.74) is -0.459. The van der Waals surface area contributed by atoms with Crippen LogP contribution in [-0.2, 0) is 22.1 Å². The molecule has 2 rings (SSSR count). The van der Waals surface area contributed by atoms with E-state index in [1.165, 1.54) is 12.1 Å². The van der Waals surface area contributed by atoms with E-state index >= 15 is 0 Å². The highest BCUT2D eigenvalue weighted by Gasteiger charge is 2.41. The van der Waals surface area contributed by atoms with E-state index in [9.17, 15) is 31.1 Å². The number of rotatable bonds is 6. The number of hydrogen-bond donors (Lipinski definition) is 1. The van der Waals surface area contributed by atoms with E-state index < -0.39 is 36.4 Å². The molecule has 1 N–H and O–H groups in total. The number of esters is 1. The van der Waals surface area contributed by atoms with Crippen molar-refractivity contribution in [2.75, 3.05) is 19.7 Å². The molecule has 0 bridgehead atoms. The lowest BCUT2D eigenvalue weighted by Crippen LogP contribution is -2.31. The van der Waals surface area contributed by atoms with Gasteiger partial charge in [-0.05, 0) is 62.2 Å². The molecule has 1 heterocycles. The van der Waals surface area contributed by atoms with Crippen molar-refractivity contribution in [3.05, 3.63) is 35.4 Å². The van der Waals surface area contributed by atoms with Gasteiger partial charge >= 0.3 is 18.3 Å². The Hall–Kier alpha value is -1.77. The molecule has 0 spiro atoms. The maximum atomic E-state index is 12.9. The maximum absolute atomic E-state index is 12.9. The normalized spacial score (nSPS) is 17.6. The summed E-state index contributed by atoms with van der Waals surface area (Å²) in [4.78, 5) is 11.0. The van der Waals surface area contributed by atoms with E-state index in [2.05, 4.69) is 10.1 Å². The summed E-state index contributed by atoms with van der Waals surface area (Å²) in [6.07, 6.45) is -7.33. The summed E-state index contributed by atoms with van der Waals surface area (Å²) < 4.78 is 80.0. The Morgan fingerprint density at radius 2 is 1.81 bits per heavy atom. The molecule has 152 valence electrons. The minimum Gasteiger partial charge on any atom is -0.459 e. The second-order valence-electron chi connectivity index (χ2n) is 6.79. The van der Waals surface area contributed by atoms with Gasteiger partial charge in [0.25, 0.3) is 0 Å². The average Bonchev–Trinajstić information content (AvgIpc) is 2.59. The molecule has 1 aliphatic heterocycles. The molecule has 0 saturated carbocycles. The molecule has 1 atom stereocenters. The molecule has 9 heteroatoms. The number of nitrogens with one attached hydrogen (secondary N) is 1. The van der Waals surface area contributed by atoms with Crippen molar-refractivity contribution < 1.29 is 35.9 Å². The van der Waals surface area contributed by atoms with Crippen LogP contribution in [-0.4, -0.2) is 31.8 Å². The van der Waals surface area contributed by atoms with Gasteiger partial charge in [-0.2, -0.15) is 26.3 Å². The van der Waals surface area contributed by atoms with E-state index in [0.29, 0.717) is 12.0 Å². The highest BCUT2D eigenvalue weighted by molar-refractivity contribution is 5.75. The zero-order valence-electron chi connectivity index (χ0n) is 14.5. The number of piperidine rings is 1. The first-order valence-electron chi connectivity index (χ1n) is 8.66. The summed E-state index contributed by atoms with van der Waals surface area (Å²) in [6, 6.07) is 4.69. The fourth-order valence-electron chi connectivity index (χ4n) is 3.28. The fraction of sp³-hybridized carbons (Fsp3) is 0.611. The van der Waals surface area contributed by atoms with Crippen LogP contribution in [0.15, 0.2) is 24.3 Å². The predicted octanol–water partition coefficient (Wildman–Crippen LogP) is 4.36. The summed E-state index contributed by atoms with van der Waals surface area (Å²) in [5.74, 6) is -2.53. The molecule has 0 amide bonds. The molecule has 0 aliphatic carbocycles. The Labute approximate surface area is 153 Å². The smallest absolute Gasteiger partial charge is 0.459 e. The number of halogens is 6. The molecule has 1 fully saturated rings. The third-order valence-electron chi connectivity index (χ3n) is 4.59. The highest BCUT2D eigenvalue weighted by atomic mass is 19.4. The van der Waals surface area contributed by atoms with E-state index in [4.69, 9.17) is 0 Å². The van der Waals surface area contributed by atoms with Gasteiger partial charge in [0, 0.05) is 0 Å². The molecule has 0 radical (unpaired) electrons. The Bertz CT molecular complexity index is 623. The molecule has 27 heavy (non-hydrogen) atoms. The van der Waals surface area contributed by atoms with Crippen molar-refractivity contribution in [2.45, 2.75) is 38.0 Å². The Kier molecular flexibility index (Phi) is 7.13. The van der Waals surface area contributed by atoms with Crippen LogP contribution in [0.25, 0.3) is 0 Å². The third kappa shape index (κ3) is 7.04. The largest absolute Gasteiger partial charge is 0.490 e. The van der Waals surface area contributed by atoms with Crippen LogP contribution in [0.1, 0.15) is 30.4 Å². The summed E-state index contributed by atoms with van der Waals surface area (Å²) in [7, 11) is 0. The summed E-state index contributed by atoms with van der Waals surface area (Å²) >= 11 is 0. The molecule has 0 aromatic heterocycles. The second kappa shape index (κ2) is 8.95. The van der Waals surface area contributed by atoms with Crippen LogP contribution >= 0.6 is 0 Å². The van der Waals surface area contributed by atoms with Gasteiger partial charge < -0.3 is 10.1 Å². The molecule has 1 aromatic rings. The maximum Gasteiger partial charge on any atom is 0.490 e. The predicted molar refractivity (Wildman–Crippen MR) is 85.9 cm³/mol. The van der Waals surface area contributed by atoms with Gasteiger partial charge in [-0.25, -0.2) is 4.79 Å². The van der Waals surface area contributed by atoms with Crippen molar-refractivity contribution in [1.82, 2.24) is 5.32 Å². The topological polar surface area (TPSA) is 38.3 Å². The first-order chi connectivity index (χ1) is 12.6. The average molecular weight is 397 g/mol. The molecular weight excluding hydrogens is 376 g/mol. The number of ether oxygens (including phenoxy) is 1. The summed E-state index contributed by atoms with van der Waals surface area (Å²) in [6.45, 7) is 1.09. The van der Waals surface area contributed by atoms with Crippen LogP contribution in [0.2, 0.25) is 0 Å². The van der Waals surface area contributed by atoms with Crippen LogP contribution < -0.4 is 5.32 Å². The zero-order chi connectivity index (χ0) is 20.1. The van der Waals surface area contributed by atoms with E-state index in [-0.39, 0.29) is 12.3 Å². The Balaban J connectivity index is 2.07. The number of benzene rings is 1. The van der Waals surface area contributed by atoms with E-state index in [0.717, 1.165) is 38.1 Å². The third-order valence-corrected chi connectivity index (χ3v) is 4.59. The van der Waals surface area contributed by atoms with Gasteiger partial charge in [0.2, 0.25) is 0 Å². The van der Waals surface area contributed by atoms with Gasteiger partial charge in [-0.15, -0.1) is 0 Å². The quantitative estimate of drug-likeness (QED) is 0.573. The minimum absolute atomic E-state index is 0.110. The fourth-order valence-corrected chi connectivity index (χ4v) is 3.28. The van der Waals surface area contributed by atoms with E-state index in [1.54, 1.807) is 0 Å². The second-order valence-corrected chi connectivity index (χ2v) is 6.79. The van der Waals surface area contributed by atoms with Crippen molar-refractivity contribution in [1.29, 1.82) is 0 Å². The lowest BCUT2D eigenvalue weighted by Gasteiger charge is -2.27. The van der Waals surface area contributed by atoms with Crippen LogP contribution in [0.5, 0.6) is 0 Å². The minimum atomic E-state index is -5.09. The number of carbonyl (C=O) groups is 1. The van der Waals surface area contributed by atoms with Crippen molar-refractivity contribution in [2.24, 2.45) is 11.8 Å². The first-order valence-corrected chi connectivity index (χ1v) is 8.66. The van der Waals surface area contributed by atoms with Crippen molar-refractivity contribution >= 4 is 5.97 Å².